The van der Waals surface area contributed by atoms with Crippen LogP contribution in [0, 0.1) is 0 Å². The number of aryl methyl sites for hydroxylation is 1. The summed E-state index contributed by atoms with van der Waals surface area (Å²) in [5.74, 6) is -0.663. The molecule has 0 aliphatic carbocycles. The fourth-order valence-electron chi connectivity index (χ4n) is 2.77. The lowest BCUT2D eigenvalue weighted by Crippen LogP contribution is -2.31. The van der Waals surface area contributed by atoms with Crippen LogP contribution in [0.1, 0.15) is 62.8 Å². The van der Waals surface area contributed by atoms with E-state index in [2.05, 4.69) is 15.0 Å². The summed E-state index contributed by atoms with van der Waals surface area (Å²) in [6.45, 7) is 7.37. The number of anilines is 1. The Bertz CT molecular complexity index is 906. The Morgan fingerprint density at radius 1 is 1.23 bits per heavy atom. The van der Waals surface area contributed by atoms with Crippen molar-refractivity contribution in [3.63, 3.8) is 0 Å². The molecule has 170 valence electrons. The minimum Gasteiger partial charge on any atom is -0.460 e. The van der Waals surface area contributed by atoms with Crippen LogP contribution >= 0.6 is 11.3 Å². The first kappa shape index (κ1) is 25.0. The summed E-state index contributed by atoms with van der Waals surface area (Å²) in [7, 11) is 0. The van der Waals surface area contributed by atoms with Crippen molar-refractivity contribution >= 4 is 40.2 Å². The predicted octanol–water partition coefficient (Wildman–Crippen LogP) is 3.78. The fourth-order valence-corrected chi connectivity index (χ4v) is 4.06. The molecule has 3 N–H and O–H groups in total. The van der Waals surface area contributed by atoms with Crippen molar-refractivity contribution in [2.45, 2.75) is 65.0 Å². The summed E-state index contributed by atoms with van der Waals surface area (Å²) in [6, 6.07) is 6.70. The molecule has 1 amide bonds. The molecule has 2 atom stereocenters. The lowest BCUT2D eigenvalue weighted by molar-refractivity contribution is -0.155. The third-order valence-electron chi connectivity index (χ3n) is 4.14. The van der Waals surface area contributed by atoms with Gasteiger partial charge in [0.25, 0.3) is 11.3 Å². The zero-order valence-electron chi connectivity index (χ0n) is 18.1. The van der Waals surface area contributed by atoms with Crippen molar-refractivity contribution in [3.05, 3.63) is 45.9 Å². The number of carbonyl (C=O) groups excluding carboxylic acids is 2. The van der Waals surface area contributed by atoms with Gasteiger partial charge in [-0.15, -0.1) is 11.3 Å². The Labute approximate surface area is 189 Å². The Hall–Kier alpha value is -2.30. The number of nitrogens with zero attached hydrogens (tertiary/aromatic N) is 1. The summed E-state index contributed by atoms with van der Waals surface area (Å²) in [5, 5.41) is 5.74. The van der Waals surface area contributed by atoms with Gasteiger partial charge in [0.15, 0.2) is 0 Å². The molecule has 0 saturated heterocycles. The van der Waals surface area contributed by atoms with Crippen molar-refractivity contribution in [2.24, 2.45) is 0 Å². The van der Waals surface area contributed by atoms with E-state index in [1.807, 2.05) is 24.4 Å². The molecule has 8 nitrogen and oxygen atoms in total. The van der Waals surface area contributed by atoms with Crippen LogP contribution in [-0.2, 0) is 38.4 Å². The molecule has 0 saturated carbocycles. The van der Waals surface area contributed by atoms with Crippen molar-refractivity contribution in [1.82, 2.24) is 10.3 Å². The third-order valence-corrected chi connectivity index (χ3v) is 5.56. The van der Waals surface area contributed by atoms with Gasteiger partial charge in [-0.3, -0.25) is 18.9 Å². The second kappa shape index (κ2) is 11.4. The second-order valence-electron chi connectivity index (χ2n) is 7.99. The van der Waals surface area contributed by atoms with Gasteiger partial charge >= 0.3 is 5.97 Å². The maximum atomic E-state index is 12.5. The van der Waals surface area contributed by atoms with Crippen LogP contribution in [0.3, 0.4) is 0 Å². The van der Waals surface area contributed by atoms with E-state index in [1.165, 1.54) is 11.3 Å². The molecule has 2 aromatic rings. The summed E-state index contributed by atoms with van der Waals surface area (Å²) >= 11 is -0.652. The molecule has 0 fully saturated rings. The molecule has 0 spiro atoms. The molecule has 10 heteroatoms. The number of hydrogen-bond acceptors (Lipinski definition) is 6. The number of amides is 1. The van der Waals surface area contributed by atoms with Crippen LogP contribution in [-0.4, -0.2) is 31.2 Å². The van der Waals surface area contributed by atoms with E-state index in [-0.39, 0.29) is 24.8 Å². The third kappa shape index (κ3) is 9.16. The van der Waals surface area contributed by atoms with Crippen molar-refractivity contribution in [2.75, 3.05) is 4.72 Å². The molecule has 0 bridgehead atoms. The van der Waals surface area contributed by atoms with Crippen LogP contribution in [0.25, 0.3) is 0 Å². The van der Waals surface area contributed by atoms with Crippen molar-refractivity contribution in [1.29, 1.82) is 0 Å². The van der Waals surface area contributed by atoms with Gasteiger partial charge < -0.3 is 10.1 Å². The summed E-state index contributed by atoms with van der Waals surface area (Å²) in [5.41, 5.74) is 1.82. The Morgan fingerprint density at radius 2 is 1.90 bits per heavy atom. The van der Waals surface area contributed by atoms with E-state index in [9.17, 15) is 13.8 Å². The zero-order chi connectivity index (χ0) is 23.0. The summed E-state index contributed by atoms with van der Waals surface area (Å²) < 4.78 is 27.4. The van der Waals surface area contributed by atoms with Crippen LogP contribution in [0.4, 0.5) is 5.69 Å². The average molecular weight is 468 g/mol. The lowest BCUT2D eigenvalue weighted by atomic mass is 10.1. The molecule has 2 rings (SSSR count). The normalized spacial score (nSPS) is 13.3. The topological polar surface area (TPSA) is 118 Å². The first-order valence-corrected chi connectivity index (χ1v) is 12.0. The first-order valence-electron chi connectivity index (χ1n) is 9.97. The number of carbonyl (C=O) groups is 2. The van der Waals surface area contributed by atoms with E-state index in [1.54, 1.807) is 32.9 Å². The summed E-state index contributed by atoms with van der Waals surface area (Å²) in [4.78, 5) is 29.0. The molecule has 1 aromatic carbocycles. The SMILES string of the molecule is CCc1csc([C@H](Cc2ccc(NS(=O)O)cc2)NC(=O)CCC(=O)OC(C)(C)C)n1. The zero-order valence-corrected chi connectivity index (χ0v) is 19.8. The van der Waals surface area contributed by atoms with E-state index < -0.39 is 22.8 Å². The fraction of sp³-hybridized carbons (Fsp3) is 0.476. The average Bonchev–Trinajstić information content (AvgIpc) is 3.15. The van der Waals surface area contributed by atoms with E-state index in [0.717, 1.165) is 22.7 Å². The lowest BCUT2D eigenvalue weighted by Gasteiger charge is -2.20. The van der Waals surface area contributed by atoms with Gasteiger partial charge in [0.1, 0.15) is 10.6 Å². The van der Waals surface area contributed by atoms with Gasteiger partial charge in [-0.05, 0) is 51.3 Å². The first-order chi connectivity index (χ1) is 14.6. The highest BCUT2D eigenvalue weighted by Gasteiger charge is 2.21. The van der Waals surface area contributed by atoms with E-state index in [0.29, 0.717) is 12.1 Å². The van der Waals surface area contributed by atoms with Gasteiger partial charge in [0, 0.05) is 17.5 Å². The predicted molar refractivity (Wildman–Crippen MR) is 122 cm³/mol. The number of rotatable bonds is 10. The quantitative estimate of drug-likeness (QED) is 0.362. The van der Waals surface area contributed by atoms with Crippen LogP contribution in [0.15, 0.2) is 29.6 Å². The number of thiazole rings is 1. The molecule has 1 heterocycles. The molecular weight excluding hydrogens is 438 g/mol. The molecule has 0 aliphatic rings. The van der Waals surface area contributed by atoms with Gasteiger partial charge in [-0.2, -0.15) is 0 Å². The van der Waals surface area contributed by atoms with Crippen LogP contribution in [0.5, 0.6) is 0 Å². The minimum absolute atomic E-state index is 0.00652. The van der Waals surface area contributed by atoms with E-state index in [4.69, 9.17) is 9.29 Å². The summed E-state index contributed by atoms with van der Waals surface area (Å²) in [6.07, 6.45) is 1.33. The van der Waals surface area contributed by atoms with Gasteiger partial charge in [-0.1, -0.05) is 19.1 Å². The smallest absolute Gasteiger partial charge is 0.306 e. The maximum absolute atomic E-state index is 12.5. The standard InChI is InChI=1S/C21H29N3O5S2/c1-5-15-13-30-20(22-15)17(12-14-6-8-16(9-7-14)24-31(27)28)23-18(25)10-11-19(26)29-21(2,3)4/h6-9,13,17,24H,5,10-12H2,1-4H3,(H,23,25)(H,27,28)/t17-/m0/s1. The number of nitrogens with one attached hydrogen (secondary N) is 2. The second-order valence-corrected chi connectivity index (χ2v) is 9.58. The number of aromatic nitrogens is 1. The van der Waals surface area contributed by atoms with Gasteiger partial charge in [0.2, 0.25) is 5.91 Å². The number of ether oxygens (including phenoxy) is 1. The van der Waals surface area contributed by atoms with Crippen molar-refractivity contribution < 1.29 is 23.1 Å². The highest BCUT2D eigenvalue weighted by Crippen LogP contribution is 2.24. The monoisotopic (exact) mass is 467 g/mol. The Kier molecular flexibility index (Phi) is 9.15. The van der Waals surface area contributed by atoms with Gasteiger partial charge in [-0.25, -0.2) is 9.19 Å². The Morgan fingerprint density at radius 3 is 2.45 bits per heavy atom. The number of benzene rings is 1. The minimum atomic E-state index is -2.14. The number of esters is 1. The molecular formula is C21H29N3O5S2. The molecule has 31 heavy (non-hydrogen) atoms. The number of hydrogen-bond donors (Lipinski definition) is 3. The molecule has 0 radical (unpaired) electrons. The Balaban J connectivity index is 2.06. The van der Waals surface area contributed by atoms with Crippen LogP contribution < -0.4 is 10.0 Å². The highest BCUT2D eigenvalue weighted by molar-refractivity contribution is 7.80. The van der Waals surface area contributed by atoms with Gasteiger partial charge in [0.05, 0.1) is 18.2 Å². The van der Waals surface area contributed by atoms with Crippen molar-refractivity contribution in [3.8, 4) is 0 Å². The molecule has 1 aromatic heterocycles. The maximum Gasteiger partial charge on any atom is 0.306 e. The highest BCUT2D eigenvalue weighted by atomic mass is 32.2. The van der Waals surface area contributed by atoms with E-state index >= 15 is 0 Å². The van der Waals surface area contributed by atoms with Crippen LogP contribution in [0.2, 0.25) is 0 Å². The molecule has 1 unspecified atom stereocenters. The molecule has 0 aliphatic heterocycles. The largest absolute Gasteiger partial charge is 0.460 e.